The summed E-state index contributed by atoms with van der Waals surface area (Å²) in [6.45, 7) is 3.91. The predicted octanol–water partition coefficient (Wildman–Crippen LogP) is -0.139. The summed E-state index contributed by atoms with van der Waals surface area (Å²) in [7, 11) is 1.31. The van der Waals surface area contributed by atoms with E-state index in [1.165, 1.54) is 13.2 Å². The Morgan fingerprint density at radius 1 is 1.44 bits per heavy atom. The lowest BCUT2D eigenvalue weighted by Crippen LogP contribution is -2.38. The number of ether oxygens (including phenoxy) is 2. The molecule has 4 atom stereocenters. The van der Waals surface area contributed by atoms with E-state index in [1.54, 1.807) is 6.08 Å². The van der Waals surface area contributed by atoms with Crippen LogP contribution in [0.4, 0.5) is 0 Å². The maximum atomic E-state index is 11.2. The maximum Gasteiger partial charge on any atom is 0.338 e. The van der Waals surface area contributed by atoms with Crippen LogP contribution in [-0.2, 0) is 14.3 Å². The summed E-state index contributed by atoms with van der Waals surface area (Å²) in [6, 6.07) is 0. The molecule has 1 aliphatic heterocycles. The summed E-state index contributed by atoms with van der Waals surface area (Å²) in [5.74, 6) is -0.362. The highest BCUT2D eigenvalue weighted by atomic mass is 16.6. The van der Waals surface area contributed by atoms with Crippen LogP contribution in [0.2, 0.25) is 0 Å². The molecule has 1 fully saturated rings. The van der Waals surface area contributed by atoms with Crippen LogP contribution < -0.4 is 0 Å². The quantitative estimate of drug-likeness (QED) is 0.519. The van der Waals surface area contributed by atoms with Gasteiger partial charge in [-0.1, -0.05) is 26.0 Å². The molecule has 1 unspecified atom stereocenters. The summed E-state index contributed by atoms with van der Waals surface area (Å²) in [5.41, 5.74) is 0. The second-order valence-corrected chi connectivity index (χ2v) is 4.17. The first-order valence-electron chi connectivity index (χ1n) is 5.25. The van der Waals surface area contributed by atoms with Gasteiger partial charge in [0.2, 0.25) is 0 Å². The van der Waals surface area contributed by atoms with Gasteiger partial charge < -0.3 is 19.7 Å². The van der Waals surface area contributed by atoms with Crippen molar-refractivity contribution in [3.05, 3.63) is 12.2 Å². The Morgan fingerprint density at radius 2 is 2.06 bits per heavy atom. The average molecular weight is 230 g/mol. The Morgan fingerprint density at radius 3 is 2.50 bits per heavy atom. The van der Waals surface area contributed by atoms with Gasteiger partial charge in [-0.05, 0) is 5.92 Å². The Kier molecular flexibility index (Phi) is 4.46. The first-order chi connectivity index (χ1) is 7.47. The molecule has 1 rings (SSSR count). The number of aliphatic hydroxyl groups excluding tert-OH is 2. The van der Waals surface area contributed by atoms with Gasteiger partial charge in [0.05, 0.1) is 0 Å². The van der Waals surface area contributed by atoms with Crippen molar-refractivity contribution in [1.82, 2.24) is 0 Å². The highest BCUT2D eigenvalue weighted by Crippen LogP contribution is 2.21. The molecule has 0 saturated carbocycles. The zero-order valence-corrected chi connectivity index (χ0v) is 9.66. The number of allylic oxidation sites excluding steroid dienone is 1. The van der Waals surface area contributed by atoms with Gasteiger partial charge in [-0.15, -0.1) is 0 Å². The smallest absolute Gasteiger partial charge is 0.338 e. The highest BCUT2D eigenvalue weighted by molar-refractivity contribution is 5.78. The number of carbonyl (C=O) groups excluding carboxylic acids is 1. The fraction of sp³-hybridized carbons (Fsp3) is 0.727. The van der Waals surface area contributed by atoms with Gasteiger partial charge >= 0.3 is 5.97 Å². The third kappa shape index (κ3) is 2.81. The minimum absolute atomic E-state index is 0.280. The topological polar surface area (TPSA) is 76.0 Å². The van der Waals surface area contributed by atoms with Crippen molar-refractivity contribution in [1.29, 1.82) is 0 Å². The van der Waals surface area contributed by atoms with Gasteiger partial charge in [0, 0.05) is 7.11 Å². The number of aliphatic hydroxyl groups is 2. The average Bonchev–Trinajstić information content (AvgIpc) is 2.50. The Balaban J connectivity index is 2.65. The van der Waals surface area contributed by atoms with Crippen molar-refractivity contribution in [2.75, 3.05) is 7.11 Å². The Bertz CT molecular complexity index is 274. The molecule has 0 bridgehead atoms. The first-order valence-corrected chi connectivity index (χ1v) is 5.25. The summed E-state index contributed by atoms with van der Waals surface area (Å²) in [6.07, 6.45) is -0.805. The van der Waals surface area contributed by atoms with Crippen LogP contribution in [0, 0.1) is 5.92 Å². The molecule has 16 heavy (non-hydrogen) atoms. The maximum absolute atomic E-state index is 11.2. The molecule has 2 N–H and O–H groups in total. The molecule has 0 aliphatic carbocycles. The molecule has 0 aromatic heterocycles. The van der Waals surface area contributed by atoms with Crippen LogP contribution in [0.25, 0.3) is 0 Å². The van der Waals surface area contributed by atoms with Gasteiger partial charge in [-0.3, -0.25) is 0 Å². The minimum atomic E-state index is -1.13. The molecule has 5 nitrogen and oxygen atoms in total. The molecule has 0 aromatic carbocycles. The zero-order chi connectivity index (χ0) is 12.3. The van der Waals surface area contributed by atoms with Crippen molar-refractivity contribution in [2.45, 2.75) is 38.3 Å². The van der Waals surface area contributed by atoms with E-state index in [2.05, 4.69) is 0 Å². The number of rotatable bonds is 4. The molecule has 5 heteroatoms. The molecular weight excluding hydrogens is 212 g/mol. The Labute approximate surface area is 94.7 Å². The van der Waals surface area contributed by atoms with E-state index in [1.807, 2.05) is 13.8 Å². The molecule has 1 aliphatic rings. The number of carbonyl (C=O) groups is 1. The highest BCUT2D eigenvalue weighted by Gasteiger charge is 2.46. The zero-order valence-electron chi connectivity index (χ0n) is 9.66. The number of hydrogen-bond acceptors (Lipinski definition) is 5. The Hall–Kier alpha value is -0.910. The first kappa shape index (κ1) is 13.2. The number of hydrogen-bond donors (Lipinski definition) is 2. The van der Waals surface area contributed by atoms with Crippen molar-refractivity contribution in [3.63, 3.8) is 0 Å². The largest absolute Gasteiger partial charge is 0.454 e. The van der Waals surface area contributed by atoms with Crippen molar-refractivity contribution in [3.8, 4) is 0 Å². The van der Waals surface area contributed by atoms with Crippen molar-refractivity contribution >= 4 is 5.97 Å². The van der Waals surface area contributed by atoms with Crippen molar-refractivity contribution in [2.24, 2.45) is 5.92 Å². The standard InChI is InChI=1S/C11H18O5/c1-6(2)4-5-7(12)9-8(13)10(15-3)11(14)16-9/h4-10,12-13H,1-3H3/b5-4+/t7-,8-,9?,10-/m1/s1. The van der Waals surface area contributed by atoms with E-state index in [9.17, 15) is 15.0 Å². The fourth-order valence-corrected chi connectivity index (χ4v) is 1.54. The molecule has 1 heterocycles. The van der Waals surface area contributed by atoms with Gasteiger partial charge in [0.25, 0.3) is 0 Å². The lowest BCUT2D eigenvalue weighted by Gasteiger charge is -2.17. The summed E-state index contributed by atoms with van der Waals surface area (Å²) in [4.78, 5) is 11.2. The lowest BCUT2D eigenvalue weighted by atomic mass is 10.0. The van der Waals surface area contributed by atoms with E-state index >= 15 is 0 Å². The number of esters is 1. The molecule has 1 saturated heterocycles. The van der Waals surface area contributed by atoms with E-state index < -0.39 is 30.4 Å². The normalized spacial score (nSPS) is 32.4. The van der Waals surface area contributed by atoms with Gasteiger partial charge in [0.15, 0.2) is 12.2 Å². The van der Waals surface area contributed by atoms with Gasteiger partial charge in [-0.2, -0.15) is 0 Å². The van der Waals surface area contributed by atoms with E-state index in [-0.39, 0.29) is 5.92 Å². The summed E-state index contributed by atoms with van der Waals surface area (Å²) >= 11 is 0. The molecule has 92 valence electrons. The molecule has 0 aromatic rings. The minimum Gasteiger partial charge on any atom is -0.454 e. The monoisotopic (exact) mass is 230 g/mol. The third-order valence-electron chi connectivity index (χ3n) is 2.42. The van der Waals surface area contributed by atoms with Crippen LogP contribution >= 0.6 is 0 Å². The van der Waals surface area contributed by atoms with E-state index in [4.69, 9.17) is 9.47 Å². The number of methoxy groups -OCH3 is 1. The van der Waals surface area contributed by atoms with Crippen LogP contribution in [0.15, 0.2) is 12.2 Å². The fourth-order valence-electron chi connectivity index (χ4n) is 1.54. The molecule has 0 radical (unpaired) electrons. The molecule has 0 spiro atoms. The molecule has 0 amide bonds. The van der Waals surface area contributed by atoms with Crippen LogP contribution in [-0.4, -0.2) is 47.7 Å². The van der Waals surface area contributed by atoms with Gasteiger partial charge in [0.1, 0.15) is 12.2 Å². The predicted molar refractivity (Wildman–Crippen MR) is 56.7 cm³/mol. The summed E-state index contributed by atoms with van der Waals surface area (Å²) < 4.78 is 9.64. The van der Waals surface area contributed by atoms with Crippen LogP contribution in [0.1, 0.15) is 13.8 Å². The summed E-state index contributed by atoms with van der Waals surface area (Å²) in [5, 5.41) is 19.4. The molecular formula is C11H18O5. The van der Waals surface area contributed by atoms with Crippen LogP contribution in [0.3, 0.4) is 0 Å². The van der Waals surface area contributed by atoms with E-state index in [0.717, 1.165) is 0 Å². The number of cyclic esters (lactones) is 1. The lowest BCUT2D eigenvalue weighted by molar-refractivity contribution is -0.150. The van der Waals surface area contributed by atoms with Crippen molar-refractivity contribution < 1.29 is 24.5 Å². The second kappa shape index (κ2) is 5.43. The van der Waals surface area contributed by atoms with Gasteiger partial charge in [-0.25, -0.2) is 4.79 Å². The third-order valence-corrected chi connectivity index (χ3v) is 2.42. The SMILES string of the molecule is CO[C@H]1C(=O)OC([C@H](O)/C=C/C(C)C)[C@H]1O. The second-order valence-electron chi connectivity index (χ2n) is 4.17. The van der Waals surface area contributed by atoms with E-state index in [0.29, 0.717) is 0 Å². The van der Waals surface area contributed by atoms with Crippen LogP contribution in [0.5, 0.6) is 0 Å².